The molecule has 0 fully saturated rings. The van der Waals surface area contributed by atoms with E-state index in [0.29, 0.717) is 18.6 Å². The Morgan fingerprint density at radius 1 is 0.914 bits per heavy atom. The van der Waals surface area contributed by atoms with Gasteiger partial charge in [-0.15, -0.1) is 15.0 Å². The van der Waals surface area contributed by atoms with Crippen molar-refractivity contribution in [3.05, 3.63) is 29.1 Å². The Hall–Kier alpha value is -3.83. The molecule has 0 radical (unpaired) electrons. The molecule has 0 aliphatic carbocycles. The summed E-state index contributed by atoms with van der Waals surface area (Å²) in [6, 6.07) is 2.80. The second-order valence-corrected chi connectivity index (χ2v) is 7.35. The maximum absolute atomic E-state index is 13.4. The molecular formula is C23H32N4O8. The molecule has 1 unspecified atom stereocenters. The number of hydrogen-bond donors (Lipinski definition) is 1. The van der Waals surface area contributed by atoms with E-state index in [2.05, 4.69) is 10.2 Å². The van der Waals surface area contributed by atoms with E-state index in [0.717, 1.165) is 4.80 Å². The van der Waals surface area contributed by atoms with E-state index in [9.17, 15) is 14.4 Å². The minimum absolute atomic E-state index is 0.0161. The lowest BCUT2D eigenvalue weighted by Gasteiger charge is -2.18. The highest BCUT2D eigenvalue weighted by molar-refractivity contribution is 6.15. The smallest absolute Gasteiger partial charge is 0.493 e. The molecule has 2 N–H and O–H groups in total. The number of carbonyl (C=O) groups is 3. The first kappa shape index (κ1) is 27.4. The lowest BCUT2D eigenvalue weighted by atomic mass is 10.0. The van der Waals surface area contributed by atoms with Crippen LogP contribution in [0.3, 0.4) is 0 Å². The van der Waals surface area contributed by atoms with Gasteiger partial charge in [-0.2, -0.15) is 0 Å². The number of nitrogen functional groups attached to an aromatic ring is 1. The van der Waals surface area contributed by atoms with Crippen LogP contribution in [0.4, 0.5) is 10.5 Å². The average Bonchev–Trinajstić information content (AvgIpc) is 3.30. The van der Waals surface area contributed by atoms with Gasteiger partial charge in [-0.1, -0.05) is 20.8 Å². The summed E-state index contributed by atoms with van der Waals surface area (Å²) in [5, 5.41) is 8.27. The average molecular weight is 493 g/mol. The number of nitrogens with two attached hydrogens (primary N) is 1. The molecule has 0 spiro atoms. The number of nitrogens with zero attached hydrogens (tertiary/aromatic N) is 3. The van der Waals surface area contributed by atoms with E-state index >= 15 is 0 Å². The van der Waals surface area contributed by atoms with Crippen LogP contribution in [0.1, 0.15) is 79.7 Å². The van der Waals surface area contributed by atoms with Crippen molar-refractivity contribution in [2.24, 2.45) is 0 Å². The predicted molar refractivity (Wildman–Crippen MR) is 125 cm³/mol. The number of rotatable bonds is 12. The van der Waals surface area contributed by atoms with Crippen LogP contribution in [-0.2, 0) is 14.2 Å². The Bertz CT molecular complexity index is 1050. The summed E-state index contributed by atoms with van der Waals surface area (Å²) in [7, 11) is 2.84. The SMILES string of the molecule is CCOC(=O)c1nn(C(CC)OC(=O)OC(CC)CC)nc1C(=O)c1cc(OC)c(OC)cc1N. The Kier molecular flexibility index (Phi) is 9.86. The highest BCUT2D eigenvalue weighted by Gasteiger charge is 2.31. The summed E-state index contributed by atoms with van der Waals surface area (Å²) in [6.45, 7) is 7.15. The molecule has 0 bridgehead atoms. The number of ether oxygens (including phenoxy) is 5. The zero-order valence-electron chi connectivity index (χ0n) is 20.8. The lowest BCUT2D eigenvalue weighted by molar-refractivity contribution is -0.0358. The van der Waals surface area contributed by atoms with Gasteiger partial charge in [0.05, 0.1) is 26.4 Å². The molecule has 0 aliphatic rings. The highest BCUT2D eigenvalue weighted by Crippen LogP contribution is 2.33. The second kappa shape index (κ2) is 12.6. The molecule has 0 saturated heterocycles. The number of carbonyl (C=O) groups excluding carboxylic acids is 3. The molecule has 12 nitrogen and oxygen atoms in total. The van der Waals surface area contributed by atoms with Crippen molar-refractivity contribution in [3.63, 3.8) is 0 Å². The molecule has 0 saturated carbocycles. The maximum atomic E-state index is 13.4. The van der Waals surface area contributed by atoms with Gasteiger partial charge in [0.1, 0.15) is 6.10 Å². The van der Waals surface area contributed by atoms with Crippen molar-refractivity contribution in [2.75, 3.05) is 26.6 Å². The van der Waals surface area contributed by atoms with Gasteiger partial charge in [0.2, 0.25) is 17.7 Å². The molecule has 35 heavy (non-hydrogen) atoms. The monoisotopic (exact) mass is 492 g/mol. The number of anilines is 1. The highest BCUT2D eigenvalue weighted by atomic mass is 16.7. The number of methoxy groups -OCH3 is 2. The van der Waals surface area contributed by atoms with Gasteiger partial charge in [0, 0.05) is 18.2 Å². The topological polar surface area (TPSA) is 154 Å². The van der Waals surface area contributed by atoms with Crippen LogP contribution in [0.2, 0.25) is 0 Å². The van der Waals surface area contributed by atoms with Gasteiger partial charge >= 0.3 is 12.1 Å². The summed E-state index contributed by atoms with van der Waals surface area (Å²) in [4.78, 5) is 39.2. The third-order valence-corrected chi connectivity index (χ3v) is 5.13. The molecule has 1 heterocycles. The van der Waals surface area contributed by atoms with Crippen molar-refractivity contribution in [3.8, 4) is 11.5 Å². The van der Waals surface area contributed by atoms with Crippen LogP contribution in [-0.4, -0.2) is 59.8 Å². The minimum atomic E-state index is -1.03. The first-order chi connectivity index (χ1) is 16.7. The molecular weight excluding hydrogens is 460 g/mol. The van der Waals surface area contributed by atoms with E-state index in [1.165, 1.54) is 26.4 Å². The fourth-order valence-corrected chi connectivity index (χ4v) is 3.18. The predicted octanol–water partition coefficient (Wildman–Crippen LogP) is 3.54. The van der Waals surface area contributed by atoms with Gasteiger partial charge in [-0.05, 0) is 25.8 Å². The van der Waals surface area contributed by atoms with E-state index in [1.54, 1.807) is 13.8 Å². The maximum Gasteiger partial charge on any atom is 0.510 e. The van der Waals surface area contributed by atoms with Gasteiger partial charge in [0.15, 0.2) is 17.2 Å². The fraction of sp³-hybridized carbons (Fsp3) is 0.522. The van der Waals surface area contributed by atoms with Gasteiger partial charge in [0.25, 0.3) is 0 Å². The summed E-state index contributed by atoms with van der Waals surface area (Å²) >= 11 is 0. The van der Waals surface area contributed by atoms with Crippen LogP contribution in [0.15, 0.2) is 12.1 Å². The Morgan fingerprint density at radius 2 is 1.51 bits per heavy atom. The number of benzene rings is 1. The Morgan fingerprint density at radius 3 is 2.06 bits per heavy atom. The molecule has 2 aromatic rings. The number of hydrogen-bond acceptors (Lipinski definition) is 11. The lowest BCUT2D eigenvalue weighted by Crippen LogP contribution is -2.23. The first-order valence-electron chi connectivity index (χ1n) is 11.3. The van der Waals surface area contributed by atoms with E-state index in [4.69, 9.17) is 29.4 Å². The quantitative estimate of drug-likeness (QED) is 0.263. The van der Waals surface area contributed by atoms with Crippen molar-refractivity contribution in [1.29, 1.82) is 0 Å². The Labute approximate surface area is 203 Å². The van der Waals surface area contributed by atoms with Gasteiger partial charge < -0.3 is 29.4 Å². The van der Waals surface area contributed by atoms with Crippen LogP contribution >= 0.6 is 0 Å². The summed E-state index contributed by atoms with van der Waals surface area (Å²) < 4.78 is 26.1. The van der Waals surface area contributed by atoms with Gasteiger partial charge in [-0.3, -0.25) is 4.79 Å². The normalized spacial score (nSPS) is 11.6. The first-order valence-corrected chi connectivity index (χ1v) is 11.3. The Balaban J connectivity index is 2.48. The van der Waals surface area contributed by atoms with Gasteiger partial charge in [-0.25, -0.2) is 9.59 Å². The summed E-state index contributed by atoms with van der Waals surface area (Å²) in [6.07, 6.45) is -0.749. The molecule has 1 atom stereocenters. The molecule has 2 rings (SSSR count). The molecule has 0 aliphatic heterocycles. The summed E-state index contributed by atoms with van der Waals surface area (Å²) in [5.74, 6) is -0.983. The molecule has 0 amide bonds. The molecule has 12 heteroatoms. The number of aromatic nitrogens is 3. The van der Waals surface area contributed by atoms with E-state index < -0.39 is 24.1 Å². The third-order valence-electron chi connectivity index (χ3n) is 5.13. The van der Waals surface area contributed by atoms with Crippen LogP contribution < -0.4 is 15.2 Å². The standard InChI is InChI=1S/C23H32N4O8/c1-7-13(8-2)34-23(30)35-18(9-3)27-25-19(20(26-27)22(29)33-10-4)21(28)14-11-16(31-5)17(32-6)12-15(14)24/h11-13,18H,7-10,24H2,1-6H3. The fourth-order valence-electron chi connectivity index (χ4n) is 3.18. The van der Waals surface area contributed by atoms with Crippen molar-refractivity contribution in [2.45, 2.75) is 59.3 Å². The second-order valence-electron chi connectivity index (χ2n) is 7.35. The van der Waals surface area contributed by atoms with Crippen molar-refractivity contribution in [1.82, 2.24) is 15.0 Å². The van der Waals surface area contributed by atoms with Crippen LogP contribution in [0.5, 0.6) is 11.5 Å². The van der Waals surface area contributed by atoms with Crippen LogP contribution in [0.25, 0.3) is 0 Å². The zero-order chi connectivity index (χ0) is 26.1. The molecule has 1 aromatic heterocycles. The zero-order valence-corrected chi connectivity index (χ0v) is 20.8. The van der Waals surface area contributed by atoms with Crippen LogP contribution in [0, 0.1) is 0 Å². The molecule has 192 valence electrons. The largest absolute Gasteiger partial charge is 0.510 e. The molecule has 1 aromatic carbocycles. The van der Waals surface area contributed by atoms with E-state index in [1.807, 2.05) is 13.8 Å². The number of ketones is 1. The number of esters is 1. The van der Waals surface area contributed by atoms with Crippen molar-refractivity contribution >= 4 is 23.6 Å². The van der Waals surface area contributed by atoms with E-state index in [-0.39, 0.29) is 47.5 Å². The minimum Gasteiger partial charge on any atom is -0.493 e. The van der Waals surface area contributed by atoms with Crippen molar-refractivity contribution < 1.29 is 38.1 Å². The third kappa shape index (κ3) is 6.40. The summed E-state index contributed by atoms with van der Waals surface area (Å²) in [5.41, 5.74) is 5.49.